The second-order valence-electron chi connectivity index (χ2n) is 5.12. The highest BCUT2D eigenvalue weighted by Gasteiger charge is 2.22. The van der Waals surface area contributed by atoms with Crippen molar-refractivity contribution in [1.29, 1.82) is 0 Å². The maximum atomic E-state index is 12.0. The summed E-state index contributed by atoms with van der Waals surface area (Å²) in [6.45, 7) is 2.15. The fourth-order valence-electron chi connectivity index (χ4n) is 2.54. The SMILES string of the molecule is COc1ncnc2c1CN(CC(=O)NCc1ccco1)CC2. The van der Waals surface area contributed by atoms with Crippen molar-refractivity contribution in [2.24, 2.45) is 0 Å². The lowest BCUT2D eigenvalue weighted by Crippen LogP contribution is -2.40. The van der Waals surface area contributed by atoms with Gasteiger partial charge in [-0.3, -0.25) is 9.69 Å². The van der Waals surface area contributed by atoms with E-state index in [0.717, 1.165) is 30.0 Å². The quantitative estimate of drug-likeness (QED) is 0.878. The Balaban J connectivity index is 1.56. The van der Waals surface area contributed by atoms with E-state index in [0.29, 0.717) is 25.5 Å². The van der Waals surface area contributed by atoms with Gasteiger partial charge >= 0.3 is 0 Å². The molecule has 0 atom stereocenters. The maximum absolute atomic E-state index is 12.0. The number of nitrogens with zero attached hydrogens (tertiary/aromatic N) is 3. The van der Waals surface area contributed by atoms with E-state index < -0.39 is 0 Å². The van der Waals surface area contributed by atoms with Crippen molar-refractivity contribution in [3.63, 3.8) is 0 Å². The molecule has 0 bridgehead atoms. The largest absolute Gasteiger partial charge is 0.481 e. The summed E-state index contributed by atoms with van der Waals surface area (Å²) in [6, 6.07) is 3.63. The smallest absolute Gasteiger partial charge is 0.234 e. The summed E-state index contributed by atoms with van der Waals surface area (Å²) in [6.07, 6.45) is 3.90. The summed E-state index contributed by atoms with van der Waals surface area (Å²) in [7, 11) is 1.59. The number of ether oxygens (including phenoxy) is 1. The van der Waals surface area contributed by atoms with Crippen LogP contribution < -0.4 is 10.1 Å². The molecule has 2 aromatic heterocycles. The van der Waals surface area contributed by atoms with E-state index in [1.54, 1.807) is 19.4 Å². The number of methoxy groups -OCH3 is 1. The Hall–Kier alpha value is -2.41. The van der Waals surface area contributed by atoms with Gasteiger partial charge in [-0.1, -0.05) is 0 Å². The molecule has 1 aliphatic rings. The highest BCUT2D eigenvalue weighted by molar-refractivity contribution is 5.78. The van der Waals surface area contributed by atoms with Crippen LogP contribution in [0.5, 0.6) is 5.88 Å². The molecule has 3 rings (SSSR count). The molecule has 0 aromatic carbocycles. The van der Waals surface area contributed by atoms with Gasteiger partial charge in [-0.05, 0) is 12.1 Å². The molecule has 2 aromatic rings. The summed E-state index contributed by atoms with van der Waals surface area (Å²) < 4.78 is 10.5. The van der Waals surface area contributed by atoms with Gasteiger partial charge in [0.1, 0.15) is 12.1 Å². The number of hydrogen-bond donors (Lipinski definition) is 1. The predicted molar refractivity (Wildman–Crippen MR) is 78.1 cm³/mol. The first kappa shape index (κ1) is 14.5. The van der Waals surface area contributed by atoms with E-state index in [4.69, 9.17) is 9.15 Å². The first-order chi connectivity index (χ1) is 10.8. The molecule has 1 aliphatic heterocycles. The minimum Gasteiger partial charge on any atom is -0.481 e. The molecule has 0 fully saturated rings. The van der Waals surface area contributed by atoms with E-state index in [9.17, 15) is 4.79 Å². The first-order valence-corrected chi connectivity index (χ1v) is 7.14. The molecule has 0 saturated heterocycles. The molecule has 22 heavy (non-hydrogen) atoms. The molecule has 1 amide bonds. The molecule has 3 heterocycles. The first-order valence-electron chi connectivity index (χ1n) is 7.14. The van der Waals surface area contributed by atoms with Crippen LogP contribution in [0, 0.1) is 0 Å². The summed E-state index contributed by atoms with van der Waals surface area (Å²) in [5, 5.41) is 2.85. The Labute approximate surface area is 128 Å². The number of carbonyl (C=O) groups is 1. The topological polar surface area (TPSA) is 80.5 Å². The van der Waals surface area contributed by atoms with Gasteiger partial charge in [0.25, 0.3) is 0 Å². The summed E-state index contributed by atoms with van der Waals surface area (Å²) in [5.74, 6) is 1.30. The molecule has 7 nitrogen and oxygen atoms in total. The van der Waals surface area contributed by atoms with Crippen molar-refractivity contribution in [3.05, 3.63) is 41.7 Å². The van der Waals surface area contributed by atoms with Crippen molar-refractivity contribution in [3.8, 4) is 5.88 Å². The van der Waals surface area contributed by atoms with Crippen molar-refractivity contribution in [2.75, 3.05) is 20.2 Å². The van der Waals surface area contributed by atoms with E-state index in [-0.39, 0.29) is 5.91 Å². The number of carbonyl (C=O) groups excluding carboxylic acids is 1. The van der Waals surface area contributed by atoms with Gasteiger partial charge in [0.2, 0.25) is 11.8 Å². The standard InChI is InChI=1S/C15H18N4O3/c1-21-15-12-8-19(5-4-13(12)17-10-18-15)9-14(20)16-7-11-3-2-6-22-11/h2-3,6,10H,4-5,7-9H2,1H3,(H,16,20). The summed E-state index contributed by atoms with van der Waals surface area (Å²) >= 11 is 0. The highest BCUT2D eigenvalue weighted by atomic mass is 16.5. The fourth-order valence-corrected chi connectivity index (χ4v) is 2.54. The minimum atomic E-state index is -0.0318. The van der Waals surface area contributed by atoms with Crippen LogP contribution in [-0.2, 0) is 24.3 Å². The van der Waals surface area contributed by atoms with E-state index in [1.807, 2.05) is 6.07 Å². The molecule has 0 spiro atoms. The summed E-state index contributed by atoms with van der Waals surface area (Å²) in [4.78, 5) is 22.5. The molecule has 0 saturated carbocycles. The number of amides is 1. The van der Waals surface area contributed by atoms with Crippen molar-refractivity contribution >= 4 is 5.91 Å². The average Bonchev–Trinajstić information content (AvgIpc) is 3.06. The lowest BCUT2D eigenvalue weighted by molar-refractivity contribution is -0.122. The number of aromatic nitrogens is 2. The number of furan rings is 1. The van der Waals surface area contributed by atoms with Crippen molar-refractivity contribution in [1.82, 2.24) is 20.2 Å². The highest BCUT2D eigenvalue weighted by Crippen LogP contribution is 2.23. The Morgan fingerprint density at radius 1 is 1.50 bits per heavy atom. The summed E-state index contributed by atoms with van der Waals surface area (Å²) in [5.41, 5.74) is 1.97. The van der Waals surface area contributed by atoms with Crippen LogP contribution >= 0.6 is 0 Å². The average molecular weight is 302 g/mol. The number of rotatable bonds is 5. The minimum absolute atomic E-state index is 0.0318. The fraction of sp³-hybridized carbons (Fsp3) is 0.400. The molecular weight excluding hydrogens is 284 g/mol. The van der Waals surface area contributed by atoms with Crippen molar-refractivity contribution in [2.45, 2.75) is 19.5 Å². The van der Waals surface area contributed by atoms with Crippen LogP contribution in [0.3, 0.4) is 0 Å². The number of nitrogens with one attached hydrogen (secondary N) is 1. The predicted octanol–water partition coefficient (Wildman–Crippen LogP) is 0.753. The molecule has 7 heteroatoms. The zero-order valence-corrected chi connectivity index (χ0v) is 12.4. The van der Waals surface area contributed by atoms with E-state index >= 15 is 0 Å². The second kappa shape index (κ2) is 6.57. The van der Waals surface area contributed by atoms with E-state index in [2.05, 4.69) is 20.2 Å². The Morgan fingerprint density at radius 3 is 3.18 bits per heavy atom. The molecule has 1 N–H and O–H groups in total. The van der Waals surface area contributed by atoms with Crippen LogP contribution in [0.4, 0.5) is 0 Å². The Morgan fingerprint density at radius 2 is 2.41 bits per heavy atom. The second-order valence-corrected chi connectivity index (χ2v) is 5.12. The Bertz CT molecular complexity index is 628. The number of fused-ring (bicyclic) bond motifs is 1. The van der Waals surface area contributed by atoms with Gasteiger partial charge < -0.3 is 14.5 Å². The lowest BCUT2D eigenvalue weighted by atomic mass is 10.1. The molecule has 0 unspecified atom stereocenters. The lowest BCUT2D eigenvalue weighted by Gasteiger charge is -2.27. The van der Waals surface area contributed by atoms with Crippen LogP contribution in [0.2, 0.25) is 0 Å². The van der Waals surface area contributed by atoms with Gasteiger partial charge in [0.05, 0.1) is 32.2 Å². The third-order valence-corrected chi connectivity index (χ3v) is 3.64. The third kappa shape index (κ3) is 3.25. The molecular formula is C15H18N4O3. The van der Waals surface area contributed by atoms with Crippen LogP contribution in [0.15, 0.2) is 29.1 Å². The molecule has 0 radical (unpaired) electrons. The van der Waals surface area contributed by atoms with Crippen molar-refractivity contribution < 1.29 is 13.9 Å². The van der Waals surface area contributed by atoms with E-state index in [1.165, 1.54) is 6.33 Å². The normalized spacial score (nSPS) is 14.4. The Kier molecular flexibility index (Phi) is 4.34. The molecule has 116 valence electrons. The van der Waals surface area contributed by atoms with Gasteiger partial charge in [-0.15, -0.1) is 0 Å². The zero-order chi connectivity index (χ0) is 15.4. The third-order valence-electron chi connectivity index (χ3n) is 3.64. The van der Waals surface area contributed by atoms with Crippen LogP contribution in [0.25, 0.3) is 0 Å². The number of hydrogen-bond acceptors (Lipinski definition) is 6. The van der Waals surface area contributed by atoms with Crippen LogP contribution in [-0.4, -0.2) is 41.0 Å². The zero-order valence-electron chi connectivity index (χ0n) is 12.4. The monoisotopic (exact) mass is 302 g/mol. The molecule has 0 aliphatic carbocycles. The van der Waals surface area contributed by atoms with Gasteiger partial charge in [-0.2, -0.15) is 0 Å². The van der Waals surface area contributed by atoms with Gasteiger partial charge in [-0.25, -0.2) is 9.97 Å². The van der Waals surface area contributed by atoms with Gasteiger partial charge in [0, 0.05) is 25.1 Å². The van der Waals surface area contributed by atoms with Gasteiger partial charge in [0.15, 0.2) is 0 Å². The van der Waals surface area contributed by atoms with Crippen LogP contribution in [0.1, 0.15) is 17.0 Å². The maximum Gasteiger partial charge on any atom is 0.234 e.